The molecule has 2 atom stereocenters. The zero-order valence-electron chi connectivity index (χ0n) is 14.7. The molecule has 4 nitrogen and oxygen atoms in total. The molecule has 0 radical (unpaired) electrons. The van der Waals surface area contributed by atoms with E-state index in [0.717, 1.165) is 30.6 Å². The van der Waals surface area contributed by atoms with Crippen LogP contribution in [0.2, 0.25) is 0 Å². The average molecular weight is 335 g/mol. The molecule has 1 aromatic heterocycles. The first kappa shape index (κ1) is 16.3. The van der Waals surface area contributed by atoms with Crippen LogP contribution in [0.3, 0.4) is 0 Å². The van der Waals surface area contributed by atoms with Crippen molar-refractivity contribution in [2.24, 2.45) is 5.92 Å². The van der Waals surface area contributed by atoms with Crippen molar-refractivity contribution in [3.8, 4) is 0 Å². The van der Waals surface area contributed by atoms with Gasteiger partial charge in [-0.05, 0) is 68.5 Å². The Balaban J connectivity index is 1.55. The van der Waals surface area contributed by atoms with Gasteiger partial charge in [0.25, 0.3) is 5.91 Å². The first-order chi connectivity index (χ1) is 12.2. The molecule has 0 spiro atoms. The minimum Gasteiger partial charge on any atom is -0.347 e. The molecule has 1 N–H and O–H groups in total. The highest BCUT2D eigenvalue weighted by Gasteiger charge is 2.42. The van der Waals surface area contributed by atoms with Crippen molar-refractivity contribution >= 4 is 5.91 Å². The minimum absolute atomic E-state index is 0.0630. The lowest BCUT2D eigenvalue weighted by Crippen LogP contribution is -2.64. The maximum atomic E-state index is 12.9. The van der Waals surface area contributed by atoms with Gasteiger partial charge in [0.15, 0.2) is 0 Å². The van der Waals surface area contributed by atoms with Crippen LogP contribution < -0.4 is 5.32 Å². The standard InChI is InChI=1S/C21H25N3O/c1-15-5-2-3-7-18(15)21(25)23-20-17-8-11-24(12-9-17)19(20)13-16-6-4-10-22-14-16/h2-7,10,14,17,19-20H,8-9,11-13H2,1H3,(H,23,25)/t19-,20-/m0/s1. The molecule has 0 aliphatic carbocycles. The Kier molecular flexibility index (Phi) is 4.53. The Morgan fingerprint density at radius 2 is 2.00 bits per heavy atom. The molecule has 2 bridgehead atoms. The highest BCUT2D eigenvalue weighted by molar-refractivity contribution is 5.95. The van der Waals surface area contributed by atoms with E-state index in [1.807, 2.05) is 49.6 Å². The number of pyridine rings is 1. The Hall–Kier alpha value is -2.20. The number of hydrogen-bond donors (Lipinski definition) is 1. The fraction of sp³-hybridized carbons (Fsp3) is 0.429. The molecule has 3 aliphatic heterocycles. The summed E-state index contributed by atoms with van der Waals surface area (Å²) in [5, 5.41) is 3.38. The summed E-state index contributed by atoms with van der Waals surface area (Å²) in [5.41, 5.74) is 3.07. The molecule has 0 unspecified atom stereocenters. The minimum atomic E-state index is 0.0630. The molecule has 2 aromatic rings. The molecule has 0 saturated carbocycles. The molecule has 4 heteroatoms. The first-order valence-electron chi connectivity index (χ1n) is 9.22. The van der Waals surface area contributed by atoms with E-state index < -0.39 is 0 Å². The maximum Gasteiger partial charge on any atom is 0.251 e. The molecule has 130 valence electrons. The van der Waals surface area contributed by atoms with Gasteiger partial charge in [-0.3, -0.25) is 14.7 Å². The molecular formula is C21H25N3O. The van der Waals surface area contributed by atoms with Crippen molar-refractivity contribution in [3.63, 3.8) is 0 Å². The van der Waals surface area contributed by atoms with E-state index in [2.05, 4.69) is 21.3 Å². The second kappa shape index (κ2) is 6.96. The van der Waals surface area contributed by atoms with Crippen LogP contribution >= 0.6 is 0 Å². The summed E-state index contributed by atoms with van der Waals surface area (Å²) in [5.74, 6) is 0.646. The van der Waals surface area contributed by atoms with Crippen LogP contribution in [0, 0.1) is 12.8 Å². The third kappa shape index (κ3) is 3.31. The topological polar surface area (TPSA) is 45.2 Å². The number of carbonyl (C=O) groups excluding carboxylic acids is 1. The molecule has 5 rings (SSSR count). The molecule has 3 aliphatic rings. The Morgan fingerprint density at radius 1 is 1.20 bits per heavy atom. The number of piperidine rings is 3. The van der Waals surface area contributed by atoms with E-state index in [1.54, 1.807) is 0 Å². The van der Waals surface area contributed by atoms with Crippen molar-refractivity contribution in [1.82, 2.24) is 15.2 Å². The van der Waals surface area contributed by atoms with Crippen molar-refractivity contribution in [2.75, 3.05) is 13.1 Å². The smallest absolute Gasteiger partial charge is 0.251 e. The van der Waals surface area contributed by atoms with Gasteiger partial charge in [-0.15, -0.1) is 0 Å². The summed E-state index contributed by atoms with van der Waals surface area (Å²) < 4.78 is 0. The fourth-order valence-corrected chi connectivity index (χ4v) is 4.44. The van der Waals surface area contributed by atoms with E-state index >= 15 is 0 Å². The number of benzene rings is 1. The SMILES string of the molecule is Cc1ccccc1C(=O)N[C@H]1C2CCN(CC2)[C@H]1Cc1cccnc1. The molecule has 3 saturated heterocycles. The van der Waals surface area contributed by atoms with Crippen molar-refractivity contribution in [2.45, 2.75) is 38.3 Å². The summed E-state index contributed by atoms with van der Waals surface area (Å²) in [6.45, 7) is 4.29. The van der Waals surface area contributed by atoms with Gasteiger partial charge < -0.3 is 5.32 Å². The lowest BCUT2D eigenvalue weighted by atomic mass is 9.76. The zero-order valence-corrected chi connectivity index (χ0v) is 14.7. The lowest BCUT2D eigenvalue weighted by Gasteiger charge is -2.51. The van der Waals surface area contributed by atoms with Crippen LogP contribution in [0.1, 0.15) is 34.3 Å². The van der Waals surface area contributed by atoms with Crippen LogP contribution in [-0.4, -0.2) is 41.0 Å². The number of nitrogens with zero attached hydrogens (tertiary/aromatic N) is 2. The van der Waals surface area contributed by atoms with Crippen molar-refractivity contribution in [1.29, 1.82) is 0 Å². The van der Waals surface area contributed by atoms with E-state index in [0.29, 0.717) is 12.0 Å². The van der Waals surface area contributed by atoms with Crippen LogP contribution in [0.4, 0.5) is 0 Å². The van der Waals surface area contributed by atoms with Gasteiger partial charge in [-0.25, -0.2) is 0 Å². The second-order valence-corrected chi connectivity index (χ2v) is 7.32. The molecule has 3 fully saturated rings. The van der Waals surface area contributed by atoms with Crippen molar-refractivity contribution in [3.05, 3.63) is 65.5 Å². The second-order valence-electron chi connectivity index (χ2n) is 7.32. The largest absolute Gasteiger partial charge is 0.347 e. The van der Waals surface area contributed by atoms with Gasteiger partial charge in [-0.1, -0.05) is 24.3 Å². The summed E-state index contributed by atoms with van der Waals surface area (Å²) in [6, 6.07) is 12.5. The molecular weight excluding hydrogens is 310 g/mol. The predicted octanol–water partition coefficient (Wildman–Crippen LogP) is 2.83. The Bertz CT molecular complexity index is 738. The molecule has 1 amide bonds. The number of carbonyl (C=O) groups is 1. The summed E-state index contributed by atoms with van der Waals surface area (Å²) in [6.07, 6.45) is 7.07. The molecule has 4 heterocycles. The Labute approximate surface area is 149 Å². The van der Waals surface area contributed by atoms with Gasteiger partial charge in [-0.2, -0.15) is 0 Å². The average Bonchev–Trinajstić information content (AvgIpc) is 2.65. The number of amides is 1. The number of fused-ring (bicyclic) bond motifs is 3. The van der Waals surface area contributed by atoms with E-state index in [9.17, 15) is 4.79 Å². The zero-order chi connectivity index (χ0) is 17.2. The number of nitrogens with one attached hydrogen (secondary N) is 1. The summed E-state index contributed by atoms with van der Waals surface area (Å²) in [7, 11) is 0. The number of hydrogen-bond acceptors (Lipinski definition) is 3. The normalized spacial score (nSPS) is 27.9. The van der Waals surface area contributed by atoms with Gasteiger partial charge >= 0.3 is 0 Å². The van der Waals surface area contributed by atoms with Crippen LogP contribution in [0.15, 0.2) is 48.8 Å². The van der Waals surface area contributed by atoms with Gasteiger partial charge in [0.05, 0.1) is 0 Å². The predicted molar refractivity (Wildman–Crippen MR) is 98.5 cm³/mol. The highest BCUT2D eigenvalue weighted by atomic mass is 16.1. The quantitative estimate of drug-likeness (QED) is 0.934. The summed E-state index contributed by atoms with van der Waals surface area (Å²) >= 11 is 0. The fourth-order valence-electron chi connectivity index (χ4n) is 4.44. The van der Waals surface area contributed by atoms with Crippen LogP contribution in [-0.2, 0) is 6.42 Å². The lowest BCUT2D eigenvalue weighted by molar-refractivity contribution is 0.0136. The first-order valence-corrected chi connectivity index (χ1v) is 9.22. The van der Waals surface area contributed by atoms with Gasteiger partial charge in [0.2, 0.25) is 0 Å². The monoisotopic (exact) mass is 335 g/mol. The molecule has 1 aromatic carbocycles. The van der Waals surface area contributed by atoms with Crippen LogP contribution in [0.25, 0.3) is 0 Å². The van der Waals surface area contributed by atoms with E-state index in [1.165, 1.54) is 18.4 Å². The number of aromatic nitrogens is 1. The van der Waals surface area contributed by atoms with E-state index in [-0.39, 0.29) is 11.9 Å². The van der Waals surface area contributed by atoms with Gasteiger partial charge in [0, 0.05) is 30.0 Å². The van der Waals surface area contributed by atoms with Crippen LogP contribution in [0.5, 0.6) is 0 Å². The maximum absolute atomic E-state index is 12.9. The third-order valence-electron chi connectivity index (χ3n) is 5.82. The molecule has 25 heavy (non-hydrogen) atoms. The highest BCUT2D eigenvalue weighted by Crippen LogP contribution is 2.34. The van der Waals surface area contributed by atoms with Crippen molar-refractivity contribution < 1.29 is 4.79 Å². The number of rotatable bonds is 4. The summed E-state index contributed by atoms with van der Waals surface area (Å²) in [4.78, 5) is 19.7. The Morgan fingerprint density at radius 3 is 2.72 bits per heavy atom. The number of aryl methyl sites for hydroxylation is 1. The third-order valence-corrected chi connectivity index (χ3v) is 5.82. The van der Waals surface area contributed by atoms with E-state index in [4.69, 9.17) is 0 Å². The van der Waals surface area contributed by atoms with Gasteiger partial charge in [0.1, 0.15) is 0 Å².